The molecule has 5 heteroatoms. The molecule has 94 valence electrons. The first kappa shape index (κ1) is 12.3. The molecule has 2 aromatic rings. The highest BCUT2D eigenvalue weighted by Gasteiger charge is 2.15. The molecule has 0 amide bonds. The number of rotatable bonds is 3. The Balaban J connectivity index is 2.39. The van der Waals surface area contributed by atoms with Gasteiger partial charge in [-0.3, -0.25) is 4.79 Å². The number of hydrogen-bond acceptors (Lipinski definition) is 3. The van der Waals surface area contributed by atoms with Gasteiger partial charge in [0.2, 0.25) is 5.88 Å². The third-order valence-electron chi connectivity index (χ3n) is 2.68. The zero-order chi connectivity index (χ0) is 13.3. The zero-order valence-corrected chi connectivity index (χ0v) is 10.4. The van der Waals surface area contributed by atoms with Crippen LogP contribution in [0.4, 0.5) is 4.39 Å². The SMILES string of the molecule is Cc1cc(Oc2c(C=O)c(C)nn2C)ccc1F. The van der Waals surface area contributed by atoms with E-state index in [1.807, 2.05) is 0 Å². The first-order valence-corrected chi connectivity index (χ1v) is 5.45. The van der Waals surface area contributed by atoms with Crippen molar-refractivity contribution in [2.24, 2.45) is 7.05 Å². The number of nitrogens with zero attached hydrogens (tertiary/aromatic N) is 2. The van der Waals surface area contributed by atoms with Gasteiger partial charge < -0.3 is 4.74 Å². The average molecular weight is 248 g/mol. The molecule has 0 saturated heterocycles. The molecule has 0 aliphatic carbocycles. The summed E-state index contributed by atoms with van der Waals surface area (Å²) in [5, 5.41) is 4.10. The summed E-state index contributed by atoms with van der Waals surface area (Å²) in [6.07, 6.45) is 0.702. The number of halogens is 1. The van der Waals surface area contributed by atoms with Gasteiger partial charge >= 0.3 is 0 Å². The molecule has 0 spiro atoms. The van der Waals surface area contributed by atoms with Gasteiger partial charge in [-0.1, -0.05) is 0 Å². The van der Waals surface area contributed by atoms with Crippen LogP contribution in [-0.4, -0.2) is 16.1 Å². The van der Waals surface area contributed by atoms with E-state index in [0.29, 0.717) is 34.7 Å². The molecule has 2 rings (SSSR count). The van der Waals surface area contributed by atoms with Crippen LogP contribution in [0.15, 0.2) is 18.2 Å². The van der Waals surface area contributed by atoms with Gasteiger partial charge in [0.15, 0.2) is 6.29 Å². The lowest BCUT2D eigenvalue weighted by Gasteiger charge is -2.07. The van der Waals surface area contributed by atoms with Crippen LogP contribution in [0, 0.1) is 19.7 Å². The molecular formula is C13H13FN2O2. The van der Waals surface area contributed by atoms with Crippen LogP contribution in [0.25, 0.3) is 0 Å². The molecular weight excluding hydrogens is 235 g/mol. The molecule has 0 fully saturated rings. The Morgan fingerprint density at radius 3 is 2.72 bits per heavy atom. The summed E-state index contributed by atoms with van der Waals surface area (Å²) in [7, 11) is 1.69. The van der Waals surface area contributed by atoms with Crippen LogP contribution < -0.4 is 4.74 Å². The Morgan fingerprint density at radius 1 is 1.39 bits per heavy atom. The van der Waals surface area contributed by atoms with Gasteiger partial charge in [0.25, 0.3) is 0 Å². The Bertz CT molecular complexity index is 605. The van der Waals surface area contributed by atoms with Gasteiger partial charge in [-0.25, -0.2) is 9.07 Å². The lowest BCUT2D eigenvalue weighted by molar-refractivity contribution is 0.112. The van der Waals surface area contributed by atoms with Crippen LogP contribution >= 0.6 is 0 Å². The third kappa shape index (κ3) is 2.11. The summed E-state index contributed by atoms with van der Waals surface area (Å²) >= 11 is 0. The van der Waals surface area contributed by atoms with E-state index in [0.717, 1.165) is 0 Å². The molecule has 18 heavy (non-hydrogen) atoms. The summed E-state index contributed by atoms with van der Waals surface area (Å²) in [5.41, 5.74) is 1.49. The number of carbonyl (C=O) groups is 1. The number of aromatic nitrogens is 2. The number of benzene rings is 1. The van der Waals surface area contributed by atoms with E-state index in [1.54, 1.807) is 27.0 Å². The Labute approximate surface area is 104 Å². The lowest BCUT2D eigenvalue weighted by atomic mass is 10.2. The van der Waals surface area contributed by atoms with Gasteiger partial charge in [0, 0.05) is 7.05 Å². The first-order valence-electron chi connectivity index (χ1n) is 5.45. The van der Waals surface area contributed by atoms with Crippen LogP contribution in [-0.2, 0) is 7.05 Å². The molecule has 0 N–H and O–H groups in total. The highest BCUT2D eigenvalue weighted by Crippen LogP contribution is 2.27. The zero-order valence-electron chi connectivity index (χ0n) is 10.4. The van der Waals surface area contributed by atoms with E-state index in [-0.39, 0.29) is 5.82 Å². The summed E-state index contributed by atoms with van der Waals surface area (Å²) in [4.78, 5) is 11.0. The number of aldehydes is 1. The van der Waals surface area contributed by atoms with E-state index in [2.05, 4.69) is 5.10 Å². The van der Waals surface area contributed by atoms with Crippen molar-refractivity contribution >= 4 is 6.29 Å². The number of aryl methyl sites for hydroxylation is 3. The normalized spacial score (nSPS) is 10.4. The van der Waals surface area contributed by atoms with Gasteiger partial charge in [-0.15, -0.1) is 0 Å². The quantitative estimate of drug-likeness (QED) is 0.784. The molecule has 1 aromatic heterocycles. The van der Waals surface area contributed by atoms with Gasteiger partial charge in [0.1, 0.15) is 11.6 Å². The second-order valence-electron chi connectivity index (χ2n) is 4.06. The second kappa shape index (κ2) is 4.60. The van der Waals surface area contributed by atoms with Crippen molar-refractivity contribution in [2.75, 3.05) is 0 Å². The van der Waals surface area contributed by atoms with Crippen molar-refractivity contribution in [3.05, 3.63) is 40.8 Å². The fourth-order valence-corrected chi connectivity index (χ4v) is 1.70. The fourth-order valence-electron chi connectivity index (χ4n) is 1.70. The van der Waals surface area contributed by atoms with Crippen LogP contribution in [0.3, 0.4) is 0 Å². The summed E-state index contributed by atoms with van der Waals surface area (Å²) in [6, 6.07) is 4.42. The van der Waals surface area contributed by atoms with Crippen molar-refractivity contribution in [3.63, 3.8) is 0 Å². The monoisotopic (exact) mass is 248 g/mol. The maximum Gasteiger partial charge on any atom is 0.228 e. The lowest BCUT2D eigenvalue weighted by Crippen LogP contribution is -1.97. The molecule has 0 unspecified atom stereocenters. The summed E-state index contributed by atoms with van der Waals surface area (Å²) in [6.45, 7) is 3.38. The van der Waals surface area contributed by atoms with Crippen LogP contribution in [0.2, 0.25) is 0 Å². The smallest absolute Gasteiger partial charge is 0.228 e. The van der Waals surface area contributed by atoms with Crippen molar-refractivity contribution in [1.29, 1.82) is 0 Å². The minimum absolute atomic E-state index is 0.292. The number of hydrogen-bond donors (Lipinski definition) is 0. The molecule has 0 radical (unpaired) electrons. The Kier molecular flexibility index (Phi) is 3.14. The van der Waals surface area contributed by atoms with Crippen molar-refractivity contribution in [1.82, 2.24) is 9.78 Å². The molecule has 0 bridgehead atoms. The van der Waals surface area contributed by atoms with Crippen LogP contribution in [0.5, 0.6) is 11.6 Å². The molecule has 1 aromatic carbocycles. The molecule has 1 heterocycles. The van der Waals surface area contributed by atoms with E-state index in [9.17, 15) is 9.18 Å². The van der Waals surface area contributed by atoms with E-state index in [4.69, 9.17) is 4.74 Å². The molecule has 0 saturated carbocycles. The predicted octanol–water partition coefficient (Wildman–Crippen LogP) is 2.78. The maximum absolute atomic E-state index is 13.1. The van der Waals surface area contributed by atoms with Crippen molar-refractivity contribution in [2.45, 2.75) is 13.8 Å². The van der Waals surface area contributed by atoms with Crippen LogP contribution in [0.1, 0.15) is 21.6 Å². The minimum Gasteiger partial charge on any atom is -0.439 e. The highest BCUT2D eigenvalue weighted by atomic mass is 19.1. The minimum atomic E-state index is -0.292. The average Bonchev–Trinajstić information content (AvgIpc) is 2.58. The van der Waals surface area contributed by atoms with E-state index in [1.165, 1.54) is 16.8 Å². The Hall–Kier alpha value is -2.17. The van der Waals surface area contributed by atoms with Crippen molar-refractivity contribution in [3.8, 4) is 11.6 Å². The summed E-state index contributed by atoms with van der Waals surface area (Å²) in [5.74, 6) is 0.535. The highest BCUT2D eigenvalue weighted by molar-refractivity contribution is 5.80. The molecule has 0 aliphatic heterocycles. The number of carbonyl (C=O) groups excluding carboxylic acids is 1. The van der Waals surface area contributed by atoms with Gasteiger partial charge in [0.05, 0.1) is 11.3 Å². The molecule has 4 nitrogen and oxygen atoms in total. The Morgan fingerprint density at radius 2 is 2.11 bits per heavy atom. The summed E-state index contributed by atoms with van der Waals surface area (Å²) < 4.78 is 20.2. The van der Waals surface area contributed by atoms with Crippen molar-refractivity contribution < 1.29 is 13.9 Å². The van der Waals surface area contributed by atoms with Gasteiger partial charge in [-0.2, -0.15) is 5.10 Å². The van der Waals surface area contributed by atoms with Gasteiger partial charge in [-0.05, 0) is 37.6 Å². The standard InChI is InChI=1S/C13H13FN2O2/c1-8-6-10(4-5-12(8)14)18-13-11(7-17)9(2)15-16(13)3/h4-7H,1-3H3. The van der Waals surface area contributed by atoms with E-state index < -0.39 is 0 Å². The fraction of sp³-hybridized carbons (Fsp3) is 0.231. The predicted molar refractivity (Wildman–Crippen MR) is 64.5 cm³/mol. The molecule has 0 atom stereocenters. The molecule has 0 aliphatic rings. The largest absolute Gasteiger partial charge is 0.439 e. The van der Waals surface area contributed by atoms with E-state index >= 15 is 0 Å². The third-order valence-corrected chi connectivity index (χ3v) is 2.68. The maximum atomic E-state index is 13.1. The number of ether oxygens (including phenoxy) is 1. The second-order valence-corrected chi connectivity index (χ2v) is 4.06. The topological polar surface area (TPSA) is 44.1 Å². The first-order chi connectivity index (χ1) is 8.52.